The Morgan fingerprint density at radius 1 is 1.23 bits per heavy atom. The van der Waals surface area contributed by atoms with Crippen molar-refractivity contribution in [1.29, 1.82) is 0 Å². The van der Waals surface area contributed by atoms with Crippen LogP contribution in [-0.2, 0) is 11.3 Å². The number of nitrogens with one attached hydrogen (secondary N) is 2. The largest absolute Gasteiger partial charge is 0.351 e. The molecule has 1 spiro atoms. The molecule has 2 N–H and O–H groups in total. The topological polar surface area (TPSA) is 77.6 Å². The lowest BCUT2D eigenvalue weighted by Gasteiger charge is -2.42. The SMILES string of the molecule is O=C(NCCN1CCC2(CC1)C(=O)NCN2Cc1cccnc1)c1ccc(Cl)cc1Cl. The first-order chi connectivity index (χ1) is 15.0. The molecule has 0 radical (unpaired) electrons. The van der Waals surface area contributed by atoms with Crippen molar-refractivity contribution in [1.82, 2.24) is 25.4 Å². The van der Waals surface area contributed by atoms with Gasteiger partial charge in [0, 0.05) is 50.1 Å². The summed E-state index contributed by atoms with van der Waals surface area (Å²) in [6, 6.07) is 8.79. The summed E-state index contributed by atoms with van der Waals surface area (Å²) in [5.41, 5.74) is 1.05. The fourth-order valence-electron chi connectivity index (χ4n) is 4.33. The molecule has 164 valence electrons. The van der Waals surface area contributed by atoms with Crippen molar-refractivity contribution >= 4 is 35.0 Å². The number of benzene rings is 1. The molecule has 2 aliphatic heterocycles. The first kappa shape index (κ1) is 22.0. The Bertz CT molecular complexity index is 948. The van der Waals surface area contributed by atoms with Crippen molar-refractivity contribution < 1.29 is 9.59 Å². The van der Waals surface area contributed by atoms with Gasteiger partial charge in [-0.05, 0) is 42.7 Å². The number of carbonyl (C=O) groups excluding carboxylic acids is 2. The van der Waals surface area contributed by atoms with Gasteiger partial charge in [-0.15, -0.1) is 0 Å². The predicted octanol–water partition coefficient (Wildman–Crippen LogP) is 2.54. The van der Waals surface area contributed by atoms with Gasteiger partial charge in [0.1, 0.15) is 5.54 Å². The summed E-state index contributed by atoms with van der Waals surface area (Å²) in [5.74, 6) is -0.102. The molecule has 0 aliphatic carbocycles. The van der Waals surface area contributed by atoms with Gasteiger partial charge in [0.05, 0.1) is 17.3 Å². The Balaban J connectivity index is 1.28. The van der Waals surface area contributed by atoms with Crippen LogP contribution in [0, 0.1) is 0 Å². The van der Waals surface area contributed by atoms with Crippen LogP contribution in [0.2, 0.25) is 10.0 Å². The van der Waals surface area contributed by atoms with E-state index in [0.717, 1.165) is 38.0 Å². The quantitative estimate of drug-likeness (QED) is 0.690. The number of amides is 2. The van der Waals surface area contributed by atoms with Crippen LogP contribution in [0.15, 0.2) is 42.7 Å². The average molecular weight is 462 g/mol. The molecule has 0 bridgehead atoms. The van der Waals surface area contributed by atoms with Crippen molar-refractivity contribution in [3.8, 4) is 0 Å². The molecule has 4 rings (SSSR count). The number of pyridine rings is 1. The van der Waals surface area contributed by atoms with E-state index in [2.05, 4.69) is 25.4 Å². The van der Waals surface area contributed by atoms with E-state index in [0.29, 0.717) is 35.4 Å². The van der Waals surface area contributed by atoms with Gasteiger partial charge in [0.2, 0.25) is 5.91 Å². The number of nitrogens with zero attached hydrogens (tertiary/aromatic N) is 3. The summed E-state index contributed by atoms with van der Waals surface area (Å²) in [6.45, 7) is 4.09. The van der Waals surface area contributed by atoms with E-state index in [1.807, 2.05) is 18.3 Å². The molecule has 0 saturated carbocycles. The minimum absolute atomic E-state index is 0.113. The average Bonchev–Trinajstić information content (AvgIpc) is 3.05. The first-order valence-electron chi connectivity index (χ1n) is 10.4. The molecule has 0 atom stereocenters. The zero-order valence-corrected chi connectivity index (χ0v) is 18.6. The number of rotatable bonds is 6. The van der Waals surface area contributed by atoms with Gasteiger partial charge in [-0.3, -0.25) is 19.5 Å². The van der Waals surface area contributed by atoms with Crippen LogP contribution in [0.25, 0.3) is 0 Å². The van der Waals surface area contributed by atoms with Crippen LogP contribution < -0.4 is 10.6 Å². The summed E-state index contributed by atoms with van der Waals surface area (Å²) < 4.78 is 0. The van der Waals surface area contributed by atoms with Gasteiger partial charge in [-0.1, -0.05) is 29.3 Å². The van der Waals surface area contributed by atoms with Gasteiger partial charge in [0.15, 0.2) is 0 Å². The summed E-state index contributed by atoms with van der Waals surface area (Å²) in [4.78, 5) is 33.8. The maximum absolute atomic E-state index is 12.7. The number of likely N-dealkylation sites (tertiary alicyclic amines) is 1. The highest BCUT2D eigenvalue weighted by Crippen LogP contribution is 2.33. The fourth-order valence-corrected chi connectivity index (χ4v) is 4.83. The molecule has 1 aromatic heterocycles. The maximum Gasteiger partial charge on any atom is 0.252 e. The van der Waals surface area contributed by atoms with E-state index in [9.17, 15) is 9.59 Å². The highest BCUT2D eigenvalue weighted by Gasteiger charge is 2.49. The maximum atomic E-state index is 12.7. The van der Waals surface area contributed by atoms with Gasteiger partial charge in [-0.2, -0.15) is 0 Å². The number of piperidine rings is 1. The highest BCUT2D eigenvalue weighted by molar-refractivity contribution is 6.36. The molecule has 2 amide bonds. The summed E-state index contributed by atoms with van der Waals surface area (Å²) in [7, 11) is 0. The Labute approximate surface area is 191 Å². The molecule has 0 unspecified atom stereocenters. The lowest BCUT2D eigenvalue weighted by Crippen LogP contribution is -2.56. The van der Waals surface area contributed by atoms with E-state index in [-0.39, 0.29) is 11.8 Å². The number of carbonyl (C=O) groups is 2. The van der Waals surface area contributed by atoms with Crippen LogP contribution in [0.1, 0.15) is 28.8 Å². The smallest absolute Gasteiger partial charge is 0.252 e. The third-order valence-corrected chi connectivity index (χ3v) is 6.68. The van der Waals surface area contributed by atoms with E-state index >= 15 is 0 Å². The van der Waals surface area contributed by atoms with Gasteiger partial charge >= 0.3 is 0 Å². The molecule has 2 saturated heterocycles. The normalized spacial score (nSPS) is 18.8. The Hall–Kier alpha value is -2.19. The molecule has 2 fully saturated rings. The molecule has 2 aliphatic rings. The van der Waals surface area contributed by atoms with Crippen molar-refractivity contribution in [3.63, 3.8) is 0 Å². The number of aromatic nitrogens is 1. The number of halogens is 2. The van der Waals surface area contributed by atoms with Gasteiger partial charge < -0.3 is 15.5 Å². The van der Waals surface area contributed by atoms with Gasteiger partial charge in [0.25, 0.3) is 5.91 Å². The molecule has 1 aromatic carbocycles. The monoisotopic (exact) mass is 461 g/mol. The van der Waals surface area contributed by atoms with Crippen molar-refractivity contribution in [2.24, 2.45) is 0 Å². The standard InChI is InChI=1S/C22H25Cl2N5O2/c23-17-3-4-18(19(24)12-17)20(30)26-8-11-28-9-5-22(6-10-28)21(31)27-15-29(22)14-16-2-1-7-25-13-16/h1-4,7,12-13H,5-6,8-11,14-15H2,(H,26,30)(H,27,31). The predicted molar refractivity (Wildman–Crippen MR) is 120 cm³/mol. The molecular weight excluding hydrogens is 437 g/mol. The Kier molecular flexibility index (Phi) is 6.77. The summed E-state index contributed by atoms with van der Waals surface area (Å²) in [6.07, 6.45) is 5.12. The Morgan fingerprint density at radius 2 is 2.03 bits per heavy atom. The lowest BCUT2D eigenvalue weighted by atomic mass is 9.86. The molecular formula is C22H25Cl2N5O2. The molecule has 31 heavy (non-hydrogen) atoms. The second-order valence-electron chi connectivity index (χ2n) is 7.98. The van der Waals surface area contributed by atoms with Crippen LogP contribution in [0.5, 0.6) is 0 Å². The molecule has 3 heterocycles. The van der Waals surface area contributed by atoms with E-state index in [4.69, 9.17) is 23.2 Å². The van der Waals surface area contributed by atoms with Crippen LogP contribution in [-0.4, -0.2) is 65.0 Å². The van der Waals surface area contributed by atoms with Crippen molar-refractivity contribution in [3.05, 3.63) is 63.9 Å². The zero-order chi connectivity index (χ0) is 21.8. The molecule has 9 heteroatoms. The number of hydrogen-bond donors (Lipinski definition) is 2. The second kappa shape index (κ2) is 9.53. The minimum atomic E-state index is -0.466. The molecule has 2 aromatic rings. The van der Waals surface area contributed by atoms with Crippen LogP contribution in [0.4, 0.5) is 0 Å². The van der Waals surface area contributed by atoms with Crippen LogP contribution in [0.3, 0.4) is 0 Å². The van der Waals surface area contributed by atoms with Gasteiger partial charge in [-0.25, -0.2) is 0 Å². The van der Waals surface area contributed by atoms with Crippen molar-refractivity contribution in [2.75, 3.05) is 32.8 Å². The third kappa shape index (κ3) is 4.85. The second-order valence-corrected chi connectivity index (χ2v) is 8.82. The highest BCUT2D eigenvalue weighted by atomic mass is 35.5. The van der Waals surface area contributed by atoms with Crippen molar-refractivity contribution in [2.45, 2.75) is 24.9 Å². The minimum Gasteiger partial charge on any atom is -0.351 e. The number of hydrogen-bond acceptors (Lipinski definition) is 5. The van der Waals surface area contributed by atoms with E-state index in [1.165, 1.54) is 0 Å². The Morgan fingerprint density at radius 3 is 2.74 bits per heavy atom. The van der Waals surface area contributed by atoms with E-state index in [1.54, 1.807) is 24.4 Å². The summed E-state index contributed by atoms with van der Waals surface area (Å²) in [5, 5.41) is 6.77. The lowest BCUT2D eigenvalue weighted by molar-refractivity contribution is -0.129. The third-order valence-electron chi connectivity index (χ3n) is 6.13. The fraction of sp³-hybridized carbons (Fsp3) is 0.409. The zero-order valence-electron chi connectivity index (χ0n) is 17.1. The summed E-state index contributed by atoms with van der Waals surface area (Å²) >= 11 is 12.0. The van der Waals surface area contributed by atoms with Crippen LogP contribution >= 0.6 is 23.2 Å². The van der Waals surface area contributed by atoms with E-state index < -0.39 is 5.54 Å². The molecule has 7 nitrogen and oxygen atoms in total. The first-order valence-corrected chi connectivity index (χ1v) is 11.1.